The average molecular weight is 447 g/mol. The molecule has 1 N–H and O–H groups in total. The number of rotatable bonds is 8. The van der Waals surface area contributed by atoms with Crippen LogP contribution in [0, 0.1) is 19.3 Å². The monoisotopic (exact) mass is 446 g/mol. The minimum Gasteiger partial charge on any atom is -0.395 e. The molecule has 0 fully saturated rings. The van der Waals surface area contributed by atoms with Gasteiger partial charge in [0.25, 0.3) is 0 Å². The van der Waals surface area contributed by atoms with E-state index in [1.54, 1.807) is 6.92 Å². The normalized spacial score (nSPS) is 13.3. The van der Waals surface area contributed by atoms with Crippen LogP contribution in [-0.4, -0.2) is 17.5 Å². The third-order valence-electron chi connectivity index (χ3n) is 6.48. The lowest BCUT2D eigenvalue weighted by Gasteiger charge is -2.24. The van der Waals surface area contributed by atoms with E-state index in [1.807, 2.05) is 31.2 Å². The standard InChI is InChI=1S/C29H31ClO2/c1-20-8-9-23(16-17-29(4,19-31)22(3)32)18-26(20)11-10-24-6-5-7-28(21(24)2)25-12-14-27(30)15-13-25/h5-15,18,31H,16-17,19H2,1-4H3. The van der Waals surface area contributed by atoms with Gasteiger partial charge in [-0.05, 0) is 84.7 Å². The predicted octanol–water partition coefficient (Wildman–Crippen LogP) is 7.31. The van der Waals surface area contributed by atoms with Crippen LogP contribution in [0.1, 0.15) is 48.1 Å². The zero-order valence-electron chi connectivity index (χ0n) is 19.3. The molecule has 0 saturated carbocycles. The van der Waals surface area contributed by atoms with E-state index in [0.717, 1.165) is 22.6 Å². The zero-order valence-corrected chi connectivity index (χ0v) is 20.0. The second-order valence-electron chi connectivity index (χ2n) is 8.83. The van der Waals surface area contributed by atoms with Crippen LogP contribution in [0.5, 0.6) is 0 Å². The van der Waals surface area contributed by atoms with Gasteiger partial charge < -0.3 is 5.11 Å². The van der Waals surface area contributed by atoms with Gasteiger partial charge in [0, 0.05) is 10.4 Å². The Kier molecular flexibility index (Phi) is 7.71. The molecule has 0 aliphatic rings. The van der Waals surface area contributed by atoms with E-state index in [4.69, 9.17) is 11.6 Å². The highest BCUT2D eigenvalue weighted by molar-refractivity contribution is 6.30. The molecule has 0 aliphatic heterocycles. The van der Waals surface area contributed by atoms with Crippen LogP contribution in [0.4, 0.5) is 0 Å². The lowest BCUT2D eigenvalue weighted by Crippen LogP contribution is -2.30. The van der Waals surface area contributed by atoms with Gasteiger partial charge in [-0.1, -0.05) is 79.2 Å². The van der Waals surface area contributed by atoms with Crippen molar-refractivity contribution < 1.29 is 9.90 Å². The first-order chi connectivity index (χ1) is 15.2. The summed E-state index contributed by atoms with van der Waals surface area (Å²) in [6.07, 6.45) is 5.70. The van der Waals surface area contributed by atoms with Crippen molar-refractivity contribution in [1.82, 2.24) is 0 Å². The van der Waals surface area contributed by atoms with Crippen LogP contribution in [0.15, 0.2) is 60.7 Å². The lowest BCUT2D eigenvalue weighted by atomic mass is 9.81. The van der Waals surface area contributed by atoms with Crippen LogP contribution in [-0.2, 0) is 11.2 Å². The molecule has 3 aromatic rings. The van der Waals surface area contributed by atoms with Crippen LogP contribution in [0.2, 0.25) is 5.02 Å². The Labute approximate surface area is 196 Å². The molecule has 0 amide bonds. The second kappa shape index (κ2) is 10.3. The highest BCUT2D eigenvalue weighted by atomic mass is 35.5. The number of Topliss-reactive ketones (excluding diaryl/α,β-unsaturated/α-hetero) is 1. The van der Waals surface area contributed by atoms with E-state index in [2.05, 4.69) is 62.4 Å². The molecule has 1 unspecified atom stereocenters. The first kappa shape index (κ1) is 24.0. The Morgan fingerprint density at radius 2 is 1.69 bits per heavy atom. The summed E-state index contributed by atoms with van der Waals surface area (Å²) in [5.74, 6) is 0.0308. The van der Waals surface area contributed by atoms with Gasteiger partial charge in [0.15, 0.2) is 0 Å². The Bertz CT molecular complexity index is 1130. The molecule has 0 saturated heterocycles. The highest BCUT2D eigenvalue weighted by Crippen LogP contribution is 2.29. The molecule has 3 heteroatoms. The molecule has 1 atom stereocenters. The number of halogens is 1. The highest BCUT2D eigenvalue weighted by Gasteiger charge is 2.28. The maximum absolute atomic E-state index is 11.9. The van der Waals surface area contributed by atoms with E-state index in [9.17, 15) is 9.90 Å². The lowest BCUT2D eigenvalue weighted by molar-refractivity contribution is -0.128. The van der Waals surface area contributed by atoms with Crippen molar-refractivity contribution in [2.75, 3.05) is 6.61 Å². The number of hydrogen-bond donors (Lipinski definition) is 1. The maximum Gasteiger partial charge on any atom is 0.137 e. The van der Waals surface area contributed by atoms with Crippen molar-refractivity contribution in [3.05, 3.63) is 93.5 Å². The second-order valence-corrected chi connectivity index (χ2v) is 9.26. The van der Waals surface area contributed by atoms with E-state index < -0.39 is 5.41 Å². The fourth-order valence-corrected chi connectivity index (χ4v) is 3.89. The van der Waals surface area contributed by atoms with E-state index >= 15 is 0 Å². The number of aliphatic hydroxyl groups is 1. The number of ketones is 1. The van der Waals surface area contributed by atoms with Gasteiger partial charge in [-0.25, -0.2) is 0 Å². The summed E-state index contributed by atoms with van der Waals surface area (Å²) in [6.45, 7) is 7.52. The fourth-order valence-electron chi connectivity index (χ4n) is 3.77. The minimum absolute atomic E-state index is 0.0308. The van der Waals surface area contributed by atoms with Gasteiger partial charge >= 0.3 is 0 Å². The predicted molar refractivity (Wildman–Crippen MR) is 136 cm³/mol. The quantitative estimate of drug-likeness (QED) is 0.368. The van der Waals surface area contributed by atoms with Crippen molar-refractivity contribution in [2.24, 2.45) is 5.41 Å². The van der Waals surface area contributed by atoms with Crippen molar-refractivity contribution in [3.63, 3.8) is 0 Å². The van der Waals surface area contributed by atoms with Gasteiger partial charge in [-0.15, -0.1) is 0 Å². The van der Waals surface area contributed by atoms with Crippen LogP contribution in [0.3, 0.4) is 0 Å². The molecule has 0 radical (unpaired) electrons. The topological polar surface area (TPSA) is 37.3 Å². The third-order valence-corrected chi connectivity index (χ3v) is 6.73. The third kappa shape index (κ3) is 5.56. The van der Waals surface area contributed by atoms with Crippen molar-refractivity contribution in [1.29, 1.82) is 0 Å². The van der Waals surface area contributed by atoms with E-state index in [-0.39, 0.29) is 12.4 Å². The molecule has 0 spiro atoms. The van der Waals surface area contributed by atoms with E-state index in [1.165, 1.54) is 27.8 Å². The van der Waals surface area contributed by atoms with Crippen LogP contribution >= 0.6 is 11.6 Å². The summed E-state index contributed by atoms with van der Waals surface area (Å²) >= 11 is 6.05. The molecular formula is C29H31ClO2. The van der Waals surface area contributed by atoms with Crippen molar-refractivity contribution in [3.8, 4) is 11.1 Å². The number of hydrogen-bond acceptors (Lipinski definition) is 2. The Hall–Kier alpha value is -2.68. The molecule has 32 heavy (non-hydrogen) atoms. The first-order valence-corrected chi connectivity index (χ1v) is 11.4. The van der Waals surface area contributed by atoms with Gasteiger partial charge in [0.05, 0.1) is 6.61 Å². The van der Waals surface area contributed by atoms with Crippen molar-refractivity contribution >= 4 is 29.5 Å². The Balaban J connectivity index is 1.84. The van der Waals surface area contributed by atoms with Crippen LogP contribution in [0.25, 0.3) is 23.3 Å². The number of carbonyl (C=O) groups excluding carboxylic acids is 1. The largest absolute Gasteiger partial charge is 0.395 e. The molecule has 3 rings (SSSR count). The molecule has 2 nitrogen and oxygen atoms in total. The summed E-state index contributed by atoms with van der Waals surface area (Å²) in [5.41, 5.74) is 7.59. The SMILES string of the molecule is CC(=O)C(C)(CO)CCc1ccc(C)c(C=Cc2cccc(-c3ccc(Cl)cc3)c2C)c1. The summed E-state index contributed by atoms with van der Waals surface area (Å²) in [4.78, 5) is 11.9. The number of aliphatic hydroxyl groups excluding tert-OH is 1. The Morgan fingerprint density at radius 1 is 1.00 bits per heavy atom. The molecule has 0 aliphatic carbocycles. The minimum atomic E-state index is -0.680. The van der Waals surface area contributed by atoms with Gasteiger partial charge in [-0.3, -0.25) is 4.79 Å². The van der Waals surface area contributed by atoms with Crippen LogP contribution < -0.4 is 0 Å². The molecule has 3 aromatic carbocycles. The molecular weight excluding hydrogens is 416 g/mol. The molecule has 0 heterocycles. The summed E-state index contributed by atoms with van der Waals surface area (Å²) in [5, 5.41) is 10.4. The van der Waals surface area contributed by atoms with E-state index in [0.29, 0.717) is 6.42 Å². The number of benzene rings is 3. The summed E-state index contributed by atoms with van der Waals surface area (Å²) < 4.78 is 0. The molecule has 0 bridgehead atoms. The van der Waals surface area contributed by atoms with Gasteiger partial charge in [-0.2, -0.15) is 0 Å². The fraction of sp³-hybridized carbons (Fsp3) is 0.276. The van der Waals surface area contributed by atoms with Gasteiger partial charge in [0.1, 0.15) is 5.78 Å². The maximum atomic E-state index is 11.9. The first-order valence-electron chi connectivity index (χ1n) is 11.0. The smallest absolute Gasteiger partial charge is 0.137 e. The molecule has 0 aromatic heterocycles. The zero-order chi connectivity index (χ0) is 23.3. The summed E-state index contributed by atoms with van der Waals surface area (Å²) in [7, 11) is 0. The number of aryl methyl sites for hydroxylation is 2. The van der Waals surface area contributed by atoms with Crippen molar-refractivity contribution in [2.45, 2.75) is 40.5 Å². The average Bonchev–Trinajstić information content (AvgIpc) is 2.78. The molecule has 166 valence electrons. The number of carbonyl (C=O) groups is 1. The summed E-state index contributed by atoms with van der Waals surface area (Å²) in [6, 6.07) is 20.7. The van der Waals surface area contributed by atoms with Gasteiger partial charge in [0.2, 0.25) is 0 Å². The Morgan fingerprint density at radius 3 is 2.34 bits per heavy atom.